The lowest BCUT2D eigenvalue weighted by atomic mass is 10.1. The summed E-state index contributed by atoms with van der Waals surface area (Å²) in [4.78, 5) is 6.57. The molecular weight excluding hydrogens is 210 g/mol. The van der Waals surface area contributed by atoms with Gasteiger partial charge in [-0.1, -0.05) is 0 Å². The molecule has 0 saturated heterocycles. The summed E-state index contributed by atoms with van der Waals surface area (Å²) in [6.45, 7) is 6.36. The summed E-state index contributed by atoms with van der Waals surface area (Å²) in [6.07, 6.45) is 1.86. The Balaban J connectivity index is 2.72. The fraction of sp³-hybridized carbons (Fsp3) is 0.357. The maximum absolute atomic E-state index is 5.99. The van der Waals surface area contributed by atoms with Gasteiger partial charge in [-0.2, -0.15) is 0 Å². The standard InChI is InChI=1S/C14H19N3/c1-9(2)17(4)14-6-5-13(15)12-8-16-10(3)7-11(12)14/h5-9H,15H2,1-4H3. The Bertz CT molecular complexity index is 546. The van der Waals surface area contributed by atoms with Gasteiger partial charge in [0.25, 0.3) is 0 Å². The van der Waals surface area contributed by atoms with Gasteiger partial charge < -0.3 is 10.6 Å². The number of rotatable bonds is 2. The Morgan fingerprint density at radius 2 is 1.94 bits per heavy atom. The molecule has 2 rings (SSSR count). The number of hydrogen-bond acceptors (Lipinski definition) is 3. The van der Waals surface area contributed by atoms with Crippen LogP contribution in [0.2, 0.25) is 0 Å². The molecular formula is C14H19N3. The highest BCUT2D eigenvalue weighted by molar-refractivity contribution is 6.01. The van der Waals surface area contributed by atoms with Crippen LogP contribution in [0.15, 0.2) is 24.4 Å². The van der Waals surface area contributed by atoms with E-state index in [4.69, 9.17) is 5.73 Å². The number of aromatic nitrogens is 1. The molecule has 3 heteroatoms. The molecule has 0 aliphatic carbocycles. The Labute approximate surface area is 102 Å². The summed E-state index contributed by atoms with van der Waals surface area (Å²) in [5.74, 6) is 0. The van der Waals surface area contributed by atoms with E-state index in [9.17, 15) is 0 Å². The lowest BCUT2D eigenvalue weighted by Crippen LogP contribution is -2.25. The SMILES string of the molecule is Cc1cc2c(N(C)C(C)C)ccc(N)c2cn1. The zero-order valence-electron chi connectivity index (χ0n) is 10.9. The lowest BCUT2D eigenvalue weighted by Gasteiger charge is -2.25. The first-order valence-electron chi connectivity index (χ1n) is 5.88. The number of nitrogen functional groups attached to an aromatic ring is 1. The van der Waals surface area contributed by atoms with Gasteiger partial charge in [0, 0.05) is 47.1 Å². The van der Waals surface area contributed by atoms with Gasteiger partial charge in [0.05, 0.1) is 0 Å². The van der Waals surface area contributed by atoms with Crippen LogP contribution in [0.25, 0.3) is 10.8 Å². The smallest absolute Gasteiger partial charge is 0.0448 e. The molecule has 0 unspecified atom stereocenters. The van der Waals surface area contributed by atoms with E-state index in [2.05, 4.69) is 42.9 Å². The van der Waals surface area contributed by atoms with Gasteiger partial charge in [0.1, 0.15) is 0 Å². The van der Waals surface area contributed by atoms with Crippen LogP contribution in [-0.2, 0) is 0 Å². The van der Waals surface area contributed by atoms with Crippen LogP contribution in [0.1, 0.15) is 19.5 Å². The third-order valence-corrected chi connectivity index (χ3v) is 3.20. The summed E-state index contributed by atoms with van der Waals surface area (Å²) < 4.78 is 0. The van der Waals surface area contributed by atoms with Gasteiger partial charge >= 0.3 is 0 Å². The number of benzene rings is 1. The van der Waals surface area contributed by atoms with Gasteiger partial charge in [0.2, 0.25) is 0 Å². The van der Waals surface area contributed by atoms with Gasteiger partial charge in [0.15, 0.2) is 0 Å². The first-order chi connectivity index (χ1) is 8.00. The molecule has 1 aromatic carbocycles. The second-order valence-electron chi connectivity index (χ2n) is 4.75. The molecule has 1 aromatic heterocycles. The highest BCUT2D eigenvalue weighted by Crippen LogP contribution is 2.31. The van der Waals surface area contributed by atoms with Gasteiger partial charge in [-0.25, -0.2) is 0 Å². The number of pyridine rings is 1. The molecule has 0 saturated carbocycles. The molecule has 17 heavy (non-hydrogen) atoms. The third kappa shape index (κ3) is 2.05. The number of hydrogen-bond donors (Lipinski definition) is 1. The summed E-state index contributed by atoms with van der Waals surface area (Å²) in [6, 6.07) is 6.58. The van der Waals surface area contributed by atoms with Gasteiger partial charge in [-0.3, -0.25) is 4.98 Å². The van der Waals surface area contributed by atoms with Crippen molar-refractivity contribution in [3.8, 4) is 0 Å². The minimum atomic E-state index is 0.454. The summed E-state index contributed by atoms with van der Waals surface area (Å²) in [5, 5.41) is 2.20. The molecule has 0 spiro atoms. The van der Waals surface area contributed by atoms with E-state index >= 15 is 0 Å². The predicted octanol–water partition coefficient (Wildman–Crippen LogP) is 2.97. The number of fused-ring (bicyclic) bond motifs is 1. The van der Waals surface area contributed by atoms with Gasteiger partial charge in [-0.05, 0) is 39.0 Å². The van der Waals surface area contributed by atoms with Crippen molar-refractivity contribution in [3.63, 3.8) is 0 Å². The zero-order valence-corrected chi connectivity index (χ0v) is 10.9. The van der Waals surface area contributed by atoms with Crippen molar-refractivity contribution in [1.82, 2.24) is 4.98 Å². The molecule has 0 aliphatic rings. The van der Waals surface area contributed by atoms with Crippen LogP contribution in [0, 0.1) is 6.92 Å². The van der Waals surface area contributed by atoms with Crippen molar-refractivity contribution in [1.29, 1.82) is 0 Å². The van der Waals surface area contributed by atoms with E-state index in [0.717, 1.165) is 16.8 Å². The summed E-state index contributed by atoms with van der Waals surface area (Å²) in [7, 11) is 2.10. The Kier molecular flexibility index (Phi) is 2.92. The average Bonchev–Trinajstić information content (AvgIpc) is 2.28. The van der Waals surface area contributed by atoms with Crippen LogP contribution < -0.4 is 10.6 Å². The van der Waals surface area contributed by atoms with Crippen LogP contribution in [0.4, 0.5) is 11.4 Å². The zero-order chi connectivity index (χ0) is 12.6. The molecule has 2 aromatic rings. The molecule has 0 amide bonds. The van der Waals surface area contributed by atoms with Crippen molar-refractivity contribution in [2.24, 2.45) is 0 Å². The maximum atomic E-state index is 5.99. The van der Waals surface area contributed by atoms with Crippen molar-refractivity contribution in [2.75, 3.05) is 17.7 Å². The molecule has 0 atom stereocenters. The second kappa shape index (κ2) is 4.24. The minimum Gasteiger partial charge on any atom is -0.398 e. The van der Waals surface area contributed by atoms with E-state index in [-0.39, 0.29) is 0 Å². The quantitative estimate of drug-likeness (QED) is 0.805. The van der Waals surface area contributed by atoms with Crippen molar-refractivity contribution >= 4 is 22.1 Å². The van der Waals surface area contributed by atoms with Crippen LogP contribution in [-0.4, -0.2) is 18.1 Å². The Morgan fingerprint density at radius 3 is 2.59 bits per heavy atom. The van der Waals surface area contributed by atoms with Crippen LogP contribution in [0.3, 0.4) is 0 Å². The molecule has 0 radical (unpaired) electrons. The fourth-order valence-electron chi connectivity index (χ4n) is 1.94. The number of nitrogens with two attached hydrogens (primary N) is 1. The summed E-state index contributed by atoms with van der Waals surface area (Å²) >= 11 is 0. The average molecular weight is 229 g/mol. The number of aryl methyl sites for hydroxylation is 1. The molecule has 90 valence electrons. The Hall–Kier alpha value is -1.77. The van der Waals surface area contributed by atoms with Crippen LogP contribution in [0.5, 0.6) is 0 Å². The summed E-state index contributed by atoms with van der Waals surface area (Å²) in [5.41, 5.74) is 9.00. The molecule has 2 N–H and O–H groups in total. The Morgan fingerprint density at radius 1 is 1.24 bits per heavy atom. The second-order valence-corrected chi connectivity index (χ2v) is 4.75. The van der Waals surface area contributed by atoms with Crippen molar-refractivity contribution in [2.45, 2.75) is 26.8 Å². The fourth-order valence-corrected chi connectivity index (χ4v) is 1.94. The van der Waals surface area contributed by atoms with Crippen LogP contribution >= 0.6 is 0 Å². The largest absolute Gasteiger partial charge is 0.398 e. The maximum Gasteiger partial charge on any atom is 0.0448 e. The van der Waals surface area contributed by atoms with Gasteiger partial charge in [-0.15, -0.1) is 0 Å². The molecule has 0 bridgehead atoms. The van der Waals surface area contributed by atoms with E-state index in [0.29, 0.717) is 6.04 Å². The first-order valence-corrected chi connectivity index (χ1v) is 5.88. The molecule has 0 aliphatic heterocycles. The topological polar surface area (TPSA) is 42.1 Å². The van der Waals surface area contributed by atoms with E-state index in [1.54, 1.807) is 0 Å². The molecule has 0 fully saturated rings. The minimum absolute atomic E-state index is 0.454. The lowest BCUT2D eigenvalue weighted by molar-refractivity contribution is 0.757. The molecule has 1 heterocycles. The molecule has 3 nitrogen and oxygen atoms in total. The highest BCUT2D eigenvalue weighted by Gasteiger charge is 2.11. The third-order valence-electron chi connectivity index (χ3n) is 3.20. The van der Waals surface area contributed by atoms with Crippen molar-refractivity contribution in [3.05, 3.63) is 30.1 Å². The van der Waals surface area contributed by atoms with E-state index in [1.165, 1.54) is 11.1 Å². The van der Waals surface area contributed by atoms with E-state index in [1.807, 2.05) is 19.2 Å². The predicted molar refractivity (Wildman–Crippen MR) is 74.4 cm³/mol. The highest BCUT2D eigenvalue weighted by atomic mass is 15.1. The normalized spacial score (nSPS) is 11.1. The number of nitrogens with zero attached hydrogens (tertiary/aromatic N) is 2. The number of anilines is 2. The van der Waals surface area contributed by atoms with Crippen molar-refractivity contribution < 1.29 is 0 Å². The van der Waals surface area contributed by atoms with E-state index < -0.39 is 0 Å². The first kappa shape index (κ1) is 11.7. The monoisotopic (exact) mass is 229 g/mol.